The van der Waals surface area contributed by atoms with Gasteiger partial charge in [0.05, 0.1) is 12.5 Å². The van der Waals surface area contributed by atoms with Crippen LogP contribution in [0.25, 0.3) is 0 Å². The van der Waals surface area contributed by atoms with Crippen molar-refractivity contribution >= 4 is 5.82 Å². The lowest BCUT2D eigenvalue weighted by Gasteiger charge is -2.23. The molecule has 5 heteroatoms. The molecule has 5 nitrogen and oxygen atoms in total. The van der Waals surface area contributed by atoms with Crippen molar-refractivity contribution in [1.82, 2.24) is 9.97 Å². The Morgan fingerprint density at radius 1 is 1.38 bits per heavy atom. The van der Waals surface area contributed by atoms with Crippen LogP contribution in [0.15, 0.2) is 42.9 Å². The van der Waals surface area contributed by atoms with Crippen LogP contribution in [-0.2, 0) is 6.54 Å². The second kappa shape index (κ2) is 7.36. The summed E-state index contributed by atoms with van der Waals surface area (Å²) in [5.41, 5.74) is 8.05. The molecule has 1 atom stereocenters. The lowest BCUT2D eigenvalue weighted by molar-refractivity contribution is 0.769. The molecule has 108 valence electrons. The Hall–Kier alpha value is -2.45. The fraction of sp³-hybridized carbons (Fsp3) is 0.312. The molecule has 0 aliphatic carbocycles. The molecule has 2 aromatic heterocycles. The predicted octanol–water partition coefficient (Wildman–Crippen LogP) is 2.42. The molecule has 0 saturated heterocycles. The fourth-order valence-electron chi connectivity index (χ4n) is 2.06. The van der Waals surface area contributed by atoms with Gasteiger partial charge in [-0.2, -0.15) is 5.26 Å². The van der Waals surface area contributed by atoms with Crippen LogP contribution in [0.2, 0.25) is 0 Å². The predicted molar refractivity (Wildman–Crippen MR) is 82.4 cm³/mol. The van der Waals surface area contributed by atoms with E-state index in [9.17, 15) is 0 Å². The van der Waals surface area contributed by atoms with Crippen molar-refractivity contribution in [2.75, 3.05) is 11.4 Å². The highest BCUT2D eigenvalue weighted by molar-refractivity contribution is 5.42. The summed E-state index contributed by atoms with van der Waals surface area (Å²) in [5, 5.41) is 8.84. The molecule has 0 amide bonds. The summed E-state index contributed by atoms with van der Waals surface area (Å²) < 4.78 is 0. The van der Waals surface area contributed by atoms with E-state index in [2.05, 4.69) is 20.9 Å². The van der Waals surface area contributed by atoms with Crippen LogP contribution >= 0.6 is 0 Å². The number of nitrogens with zero attached hydrogens (tertiary/aromatic N) is 4. The van der Waals surface area contributed by atoms with Crippen LogP contribution in [0, 0.1) is 11.3 Å². The van der Waals surface area contributed by atoms with E-state index < -0.39 is 0 Å². The monoisotopic (exact) mass is 281 g/mol. The van der Waals surface area contributed by atoms with Gasteiger partial charge in [-0.25, -0.2) is 4.98 Å². The molecule has 0 fully saturated rings. The molecule has 0 radical (unpaired) electrons. The number of aromatic nitrogens is 2. The van der Waals surface area contributed by atoms with Crippen molar-refractivity contribution < 1.29 is 0 Å². The summed E-state index contributed by atoms with van der Waals surface area (Å²) in [7, 11) is 0. The van der Waals surface area contributed by atoms with Crippen LogP contribution in [0.4, 0.5) is 5.82 Å². The topological polar surface area (TPSA) is 78.8 Å². The first-order valence-electron chi connectivity index (χ1n) is 6.93. The highest BCUT2D eigenvalue weighted by Gasteiger charge is 2.10. The smallest absolute Gasteiger partial charge is 0.129 e. The molecular formula is C16H19N5. The molecular weight excluding hydrogens is 262 g/mol. The van der Waals surface area contributed by atoms with Gasteiger partial charge in [0.15, 0.2) is 0 Å². The molecule has 0 unspecified atom stereocenters. The minimum Gasteiger partial charge on any atom is -0.351 e. The van der Waals surface area contributed by atoms with Gasteiger partial charge in [0.25, 0.3) is 0 Å². The molecule has 0 bridgehead atoms. The zero-order valence-corrected chi connectivity index (χ0v) is 12.1. The molecule has 21 heavy (non-hydrogen) atoms. The number of anilines is 1. The van der Waals surface area contributed by atoms with E-state index in [0.717, 1.165) is 16.9 Å². The number of nitriles is 1. The second-order valence-electron chi connectivity index (χ2n) is 4.93. The van der Waals surface area contributed by atoms with E-state index >= 15 is 0 Å². The maximum atomic E-state index is 8.84. The van der Waals surface area contributed by atoms with E-state index in [1.54, 1.807) is 12.4 Å². The number of hydrogen-bond acceptors (Lipinski definition) is 5. The van der Waals surface area contributed by atoms with Gasteiger partial charge >= 0.3 is 0 Å². The quantitative estimate of drug-likeness (QED) is 0.879. The minimum atomic E-state index is -0.0389. The standard InChI is InChI=1S/C16H19N5/c1-13(18)15-5-8-20-16(10-15)21(9-3-6-17)12-14-4-2-7-19-11-14/h2,4-5,7-8,10-11,13H,3,9,12,18H2,1H3/t13-/m1/s1. The fourth-order valence-corrected chi connectivity index (χ4v) is 2.06. The van der Waals surface area contributed by atoms with Crippen molar-refractivity contribution in [3.63, 3.8) is 0 Å². The normalized spacial score (nSPS) is 11.7. The summed E-state index contributed by atoms with van der Waals surface area (Å²) in [6.45, 7) is 3.24. The summed E-state index contributed by atoms with van der Waals surface area (Å²) in [5.74, 6) is 0.837. The third kappa shape index (κ3) is 4.26. The number of rotatable bonds is 6. The van der Waals surface area contributed by atoms with Crippen molar-refractivity contribution in [3.05, 3.63) is 54.0 Å². The van der Waals surface area contributed by atoms with E-state index in [4.69, 9.17) is 11.0 Å². The van der Waals surface area contributed by atoms with E-state index in [1.165, 1.54) is 0 Å². The van der Waals surface area contributed by atoms with Crippen molar-refractivity contribution in [2.45, 2.75) is 25.9 Å². The van der Waals surface area contributed by atoms with E-state index in [0.29, 0.717) is 19.5 Å². The molecule has 0 aliphatic heterocycles. The first kappa shape index (κ1) is 14.9. The maximum absolute atomic E-state index is 8.84. The van der Waals surface area contributed by atoms with Gasteiger partial charge in [-0.1, -0.05) is 6.07 Å². The molecule has 0 saturated carbocycles. The molecule has 0 aliphatic rings. The maximum Gasteiger partial charge on any atom is 0.129 e. The zero-order valence-electron chi connectivity index (χ0n) is 12.1. The van der Waals surface area contributed by atoms with Crippen LogP contribution in [-0.4, -0.2) is 16.5 Å². The lowest BCUT2D eigenvalue weighted by Crippen LogP contribution is -2.25. The molecule has 0 aromatic carbocycles. The summed E-state index contributed by atoms with van der Waals surface area (Å²) in [6.07, 6.45) is 5.79. The largest absolute Gasteiger partial charge is 0.351 e. The van der Waals surface area contributed by atoms with Crippen LogP contribution in [0.3, 0.4) is 0 Å². The molecule has 2 N–H and O–H groups in total. The first-order chi connectivity index (χ1) is 10.2. The number of nitrogens with two attached hydrogens (primary N) is 1. The Morgan fingerprint density at radius 2 is 2.24 bits per heavy atom. The first-order valence-corrected chi connectivity index (χ1v) is 6.93. The lowest BCUT2D eigenvalue weighted by atomic mass is 10.1. The van der Waals surface area contributed by atoms with Gasteiger partial charge in [-0.05, 0) is 36.2 Å². The third-order valence-electron chi connectivity index (χ3n) is 3.21. The second-order valence-corrected chi connectivity index (χ2v) is 4.93. The average Bonchev–Trinajstić information content (AvgIpc) is 2.52. The van der Waals surface area contributed by atoms with Crippen molar-refractivity contribution in [1.29, 1.82) is 5.26 Å². The highest BCUT2D eigenvalue weighted by atomic mass is 15.2. The van der Waals surface area contributed by atoms with Gasteiger partial charge < -0.3 is 10.6 Å². The Labute approximate surface area is 125 Å². The van der Waals surface area contributed by atoms with Crippen LogP contribution in [0.1, 0.15) is 30.5 Å². The van der Waals surface area contributed by atoms with Gasteiger partial charge in [-0.3, -0.25) is 4.98 Å². The zero-order chi connectivity index (χ0) is 15.1. The Morgan fingerprint density at radius 3 is 2.90 bits per heavy atom. The Kier molecular flexibility index (Phi) is 5.24. The summed E-state index contributed by atoms with van der Waals surface area (Å²) in [6, 6.07) is 9.97. The molecule has 0 spiro atoms. The van der Waals surface area contributed by atoms with Gasteiger partial charge in [0.1, 0.15) is 5.82 Å². The summed E-state index contributed by atoms with van der Waals surface area (Å²) >= 11 is 0. The SMILES string of the molecule is C[C@@H](N)c1ccnc(N(CCC#N)Cc2cccnc2)c1. The molecule has 2 rings (SSSR count). The Bertz CT molecular complexity index is 604. The van der Waals surface area contributed by atoms with Gasteiger partial charge in [0.2, 0.25) is 0 Å². The van der Waals surface area contributed by atoms with Crippen molar-refractivity contribution in [2.24, 2.45) is 5.73 Å². The van der Waals surface area contributed by atoms with Crippen LogP contribution in [0.5, 0.6) is 0 Å². The highest BCUT2D eigenvalue weighted by Crippen LogP contribution is 2.19. The van der Waals surface area contributed by atoms with Gasteiger partial charge in [-0.15, -0.1) is 0 Å². The molecule has 2 heterocycles. The minimum absolute atomic E-state index is 0.0389. The number of hydrogen-bond donors (Lipinski definition) is 1. The van der Waals surface area contributed by atoms with Crippen molar-refractivity contribution in [3.8, 4) is 6.07 Å². The third-order valence-corrected chi connectivity index (χ3v) is 3.21. The molecule has 2 aromatic rings. The average molecular weight is 281 g/mol. The van der Waals surface area contributed by atoms with E-state index in [-0.39, 0.29) is 6.04 Å². The Balaban J connectivity index is 2.23. The number of pyridine rings is 2. The summed E-state index contributed by atoms with van der Waals surface area (Å²) in [4.78, 5) is 10.6. The van der Waals surface area contributed by atoms with Crippen LogP contribution < -0.4 is 10.6 Å². The van der Waals surface area contributed by atoms with Gasteiger partial charge in [0, 0.05) is 37.7 Å². The van der Waals surface area contributed by atoms with E-state index in [1.807, 2.05) is 37.4 Å².